The predicted molar refractivity (Wildman–Crippen MR) is 92.9 cm³/mol. The van der Waals surface area contributed by atoms with Gasteiger partial charge in [-0.15, -0.1) is 0 Å². The van der Waals surface area contributed by atoms with E-state index in [1.165, 1.54) is 69.2 Å². The molecule has 0 aromatic heterocycles. The molecule has 2 nitrogen and oxygen atoms in total. The normalized spacial score (nSPS) is 17.8. The lowest BCUT2D eigenvalue weighted by molar-refractivity contribution is 0.551. The maximum absolute atomic E-state index is 6.20. The maximum atomic E-state index is 6.20. The molecule has 1 aromatic rings. The Morgan fingerprint density at radius 3 is 2.43 bits per heavy atom. The molecule has 2 rings (SSSR count). The lowest BCUT2D eigenvalue weighted by Crippen LogP contribution is -2.43. The van der Waals surface area contributed by atoms with Crippen LogP contribution in [0.1, 0.15) is 63.9 Å². The Hall–Kier alpha value is -1.02. The first-order valence-electron chi connectivity index (χ1n) is 8.89. The highest BCUT2D eigenvalue weighted by atomic mass is 15.1. The van der Waals surface area contributed by atoms with E-state index < -0.39 is 0 Å². The van der Waals surface area contributed by atoms with Gasteiger partial charge in [-0.05, 0) is 24.5 Å². The van der Waals surface area contributed by atoms with Crippen LogP contribution in [0.4, 0.5) is 5.69 Å². The fourth-order valence-electron chi connectivity index (χ4n) is 3.37. The molecule has 1 aliphatic rings. The van der Waals surface area contributed by atoms with Gasteiger partial charge in [0.15, 0.2) is 0 Å². The zero-order chi connectivity index (χ0) is 14.9. The lowest BCUT2D eigenvalue weighted by Gasteiger charge is -2.34. The van der Waals surface area contributed by atoms with E-state index >= 15 is 0 Å². The molecule has 0 radical (unpaired) electrons. The third kappa shape index (κ3) is 5.35. The molecule has 0 amide bonds. The molecule has 0 spiro atoms. The van der Waals surface area contributed by atoms with E-state index in [1.807, 2.05) is 0 Å². The number of hydrogen-bond donors (Lipinski definition) is 1. The Bertz CT molecular complexity index is 402. The molecule has 0 saturated heterocycles. The molecule has 0 bridgehead atoms. The monoisotopic (exact) mass is 288 g/mol. The van der Waals surface area contributed by atoms with Crippen molar-refractivity contribution in [3.05, 3.63) is 29.8 Å². The summed E-state index contributed by atoms with van der Waals surface area (Å²) >= 11 is 0. The van der Waals surface area contributed by atoms with E-state index in [0.717, 1.165) is 13.0 Å². The van der Waals surface area contributed by atoms with Crippen LogP contribution in [0, 0.1) is 0 Å². The van der Waals surface area contributed by atoms with Crippen LogP contribution in [0.3, 0.4) is 0 Å². The van der Waals surface area contributed by atoms with E-state index in [9.17, 15) is 0 Å². The fourth-order valence-corrected chi connectivity index (χ4v) is 3.37. The van der Waals surface area contributed by atoms with Gasteiger partial charge in [0.2, 0.25) is 0 Å². The summed E-state index contributed by atoms with van der Waals surface area (Å²) in [7, 11) is 0. The number of rotatable bonds is 9. The molecule has 1 atom stereocenters. The predicted octanol–water partition coefficient (Wildman–Crippen LogP) is 4.52. The molecule has 21 heavy (non-hydrogen) atoms. The highest BCUT2D eigenvalue weighted by Gasteiger charge is 2.20. The van der Waals surface area contributed by atoms with Gasteiger partial charge in [0, 0.05) is 24.8 Å². The standard InChI is InChI=1S/C19H32N2/c1-2-3-4-5-6-7-8-11-14-21-16-18(20)15-17-12-9-10-13-19(17)21/h9-10,12-13,18H,2-8,11,14-16,20H2,1H3. The van der Waals surface area contributed by atoms with E-state index in [1.54, 1.807) is 0 Å². The van der Waals surface area contributed by atoms with Gasteiger partial charge in [-0.25, -0.2) is 0 Å². The topological polar surface area (TPSA) is 29.3 Å². The summed E-state index contributed by atoms with van der Waals surface area (Å²) < 4.78 is 0. The van der Waals surface area contributed by atoms with E-state index in [2.05, 4.69) is 36.1 Å². The Labute approximate surface area is 130 Å². The van der Waals surface area contributed by atoms with Crippen molar-refractivity contribution in [1.29, 1.82) is 0 Å². The maximum Gasteiger partial charge on any atom is 0.0399 e. The smallest absolute Gasteiger partial charge is 0.0399 e. The van der Waals surface area contributed by atoms with Crippen molar-refractivity contribution < 1.29 is 0 Å². The molecule has 2 N–H and O–H groups in total. The van der Waals surface area contributed by atoms with E-state index in [-0.39, 0.29) is 0 Å². The molecular weight excluding hydrogens is 256 g/mol. The molecule has 1 heterocycles. The zero-order valence-corrected chi connectivity index (χ0v) is 13.7. The SMILES string of the molecule is CCCCCCCCCCN1CC(N)Cc2ccccc21. The van der Waals surface area contributed by atoms with Crippen molar-refractivity contribution >= 4 is 5.69 Å². The third-order valence-electron chi connectivity index (χ3n) is 4.55. The van der Waals surface area contributed by atoms with Gasteiger partial charge in [0.1, 0.15) is 0 Å². The summed E-state index contributed by atoms with van der Waals surface area (Å²) in [6, 6.07) is 9.07. The molecular formula is C19H32N2. The van der Waals surface area contributed by atoms with Gasteiger partial charge in [-0.2, -0.15) is 0 Å². The molecule has 0 saturated carbocycles. The van der Waals surface area contributed by atoms with Gasteiger partial charge in [-0.3, -0.25) is 0 Å². The second kappa shape index (κ2) is 9.09. The van der Waals surface area contributed by atoms with E-state index in [4.69, 9.17) is 5.73 Å². The number of nitrogens with two attached hydrogens (primary N) is 1. The number of nitrogens with zero attached hydrogens (tertiary/aromatic N) is 1. The van der Waals surface area contributed by atoms with Crippen molar-refractivity contribution in [3.63, 3.8) is 0 Å². The van der Waals surface area contributed by atoms with Crippen LogP contribution in [0.5, 0.6) is 0 Å². The van der Waals surface area contributed by atoms with Crippen LogP contribution in [0.15, 0.2) is 24.3 Å². The molecule has 1 unspecified atom stereocenters. The van der Waals surface area contributed by atoms with Crippen LogP contribution in [0.25, 0.3) is 0 Å². The molecule has 0 fully saturated rings. The van der Waals surface area contributed by atoms with E-state index in [0.29, 0.717) is 6.04 Å². The number of fused-ring (bicyclic) bond motifs is 1. The lowest BCUT2D eigenvalue weighted by atomic mass is 9.98. The van der Waals surface area contributed by atoms with Crippen molar-refractivity contribution in [2.45, 2.75) is 70.8 Å². The van der Waals surface area contributed by atoms with Gasteiger partial charge >= 0.3 is 0 Å². The molecule has 1 aromatic carbocycles. The Morgan fingerprint density at radius 2 is 1.67 bits per heavy atom. The summed E-state index contributed by atoms with van der Waals surface area (Å²) in [6.07, 6.45) is 12.1. The Kier molecular flexibility index (Phi) is 7.08. The number of unbranched alkanes of at least 4 members (excludes halogenated alkanes) is 7. The first-order chi connectivity index (χ1) is 10.3. The van der Waals surface area contributed by atoms with Crippen LogP contribution >= 0.6 is 0 Å². The van der Waals surface area contributed by atoms with Gasteiger partial charge < -0.3 is 10.6 Å². The first kappa shape index (κ1) is 16.4. The molecule has 0 aliphatic carbocycles. The zero-order valence-electron chi connectivity index (χ0n) is 13.7. The summed E-state index contributed by atoms with van der Waals surface area (Å²) in [5, 5.41) is 0. The quantitative estimate of drug-likeness (QED) is 0.677. The van der Waals surface area contributed by atoms with Crippen LogP contribution in [-0.2, 0) is 6.42 Å². The summed E-state index contributed by atoms with van der Waals surface area (Å²) in [4.78, 5) is 2.50. The average Bonchev–Trinajstić information content (AvgIpc) is 2.49. The molecule has 118 valence electrons. The van der Waals surface area contributed by atoms with Gasteiger partial charge in [0.05, 0.1) is 0 Å². The number of anilines is 1. The fraction of sp³-hybridized carbons (Fsp3) is 0.684. The summed E-state index contributed by atoms with van der Waals surface area (Å²) in [5.74, 6) is 0. The number of hydrogen-bond acceptors (Lipinski definition) is 2. The molecule has 2 heteroatoms. The highest BCUT2D eigenvalue weighted by Crippen LogP contribution is 2.26. The highest BCUT2D eigenvalue weighted by molar-refractivity contribution is 5.56. The van der Waals surface area contributed by atoms with Crippen LogP contribution in [0.2, 0.25) is 0 Å². The van der Waals surface area contributed by atoms with Crippen LogP contribution < -0.4 is 10.6 Å². The van der Waals surface area contributed by atoms with Crippen molar-refractivity contribution in [1.82, 2.24) is 0 Å². The minimum absolute atomic E-state index is 0.300. The van der Waals surface area contributed by atoms with Crippen LogP contribution in [-0.4, -0.2) is 19.1 Å². The minimum atomic E-state index is 0.300. The second-order valence-corrected chi connectivity index (χ2v) is 6.51. The van der Waals surface area contributed by atoms with Crippen molar-refractivity contribution in [3.8, 4) is 0 Å². The number of benzene rings is 1. The summed E-state index contributed by atoms with van der Waals surface area (Å²) in [6.45, 7) is 4.47. The van der Waals surface area contributed by atoms with Gasteiger partial charge in [0.25, 0.3) is 0 Å². The van der Waals surface area contributed by atoms with Crippen molar-refractivity contribution in [2.75, 3.05) is 18.0 Å². The Balaban J connectivity index is 1.67. The van der Waals surface area contributed by atoms with Crippen molar-refractivity contribution in [2.24, 2.45) is 5.73 Å². The number of para-hydroxylation sites is 1. The summed E-state index contributed by atoms with van der Waals surface area (Å²) in [5.41, 5.74) is 9.04. The second-order valence-electron chi connectivity index (χ2n) is 6.51. The largest absolute Gasteiger partial charge is 0.370 e. The Morgan fingerprint density at radius 1 is 1.00 bits per heavy atom. The average molecular weight is 288 g/mol. The van der Waals surface area contributed by atoms with Gasteiger partial charge in [-0.1, -0.05) is 70.1 Å². The minimum Gasteiger partial charge on any atom is -0.370 e. The third-order valence-corrected chi connectivity index (χ3v) is 4.55. The first-order valence-corrected chi connectivity index (χ1v) is 8.89. The molecule has 1 aliphatic heterocycles.